The molecule has 6 heteroatoms. The van der Waals surface area contributed by atoms with Crippen molar-refractivity contribution in [1.82, 2.24) is 4.31 Å². The van der Waals surface area contributed by atoms with E-state index in [1.54, 1.807) is 28.6 Å². The molecule has 1 aliphatic rings. The summed E-state index contributed by atoms with van der Waals surface area (Å²) in [6.45, 7) is 1.93. The number of nitrogens with zero attached hydrogens (tertiary/aromatic N) is 1. The third-order valence-electron chi connectivity index (χ3n) is 4.96. The maximum Gasteiger partial charge on any atom is 0.243 e. The number of benzene rings is 2. The second-order valence-corrected chi connectivity index (χ2v) is 9.00. The molecular weight excluding hydrogens is 373 g/mol. The molecule has 0 radical (unpaired) electrons. The minimum Gasteiger partial charge on any atom is -0.207 e. The number of alkyl halides is 1. The minimum absolute atomic E-state index is 0.0879. The quantitative estimate of drug-likeness (QED) is 0.642. The molecule has 2 atom stereocenters. The van der Waals surface area contributed by atoms with Crippen LogP contribution in [-0.2, 0) is 10.0 Å². The van der Waals surface area contributed by atoms with E-state index in [1.165, 1.54) is 12.1 Å². The van der Waals surface area contributed by atoms with Gasteiger partial charge in [0.25, 0.3) is 0 Å². The third kappa shape index (κ3) is 3.95. The zero-order valence-electron chi connectivity index (χ0n) is 14.7. The highest BCUT2D eigenvalue weighted by Gasteiger charge is 2.42. The van der Waals surface area contributed by atoms with Crippen LogP contribution in [0.2, 0.25) is 0 Å². The van der Waals surface area contributed by atoms with Gasteiger partial charge in [0.1, 0.15) is 5.82 Å². The van der Waals surface area contributed by atoms with Gasteiger partial charge < -0.3 is 0 Å². The molecule has 0 amide bonds. The van der Waals surface area contributed by atoms with E-state index < -0.39 is 10.0 Å². The molecule has 0 saturated carbocycles. The van der Waals surface area contributed by atoms with Gasteiger partial charge in [0.2, 0.25) is 10.0 Å². The minimum atomic E-state index is -3.65. The highest BCUT2D eigenvalue weighted by atomic mass is 35.5. The lowest BCUT2D eigenvalue weighted by molar-refractivity contribution is 0.312. The van der Waals surface area contributed by atoms with E-state index in [-0.39, 0.29) is 17.9 Å². The molecule has 1 heterocycles. The summed E-state index contributed by atoms with van der Waals surface area (Å²) in [5.74, 6) is 0.189. The predicted octanol–water partition coefficient (Wildman–Crippen LogP) is 5.05. The summed E-state index contributed by atoms with van der Waals surface area (Å²) in [5.41, 5.74) is 1.84. The maximum absolute atomic E-state index is 13.4. The van der Waals surface area contributed by atoms with E-state index in [0.29, 0.717) is 10.8 Å². The second-order valence-electron chi connectivity index (χ2n) is 6.78. The van der Waals surface area contributed by atoms with Crippen molar-refractivity contribution in [2.24, 2.45) is 0 Å². The number of aryl methyl sites for hydroxylation is 1. The SMILES string of the molecule is Cc1ccc(S(=O)(=O)N2[C@@H](CCCCl)CC[C@H]2c2ccc(F)cc2)cc1. The van der Waals surface area contributed by atoms with E-state index in [2.05, 4.69) is 0 Å². The summed E-state index contributed by atoms with van der Waals surface area (Å²) in [5, 5.41) is 0. The first-order valence-corrected chi connectivity index (χ1v) is 10.8. The Morgan fingerprint density at radius 1 is 1.08 bits per heavy atom. The number of rotatable bonds is 6. The van der Waals surface area contributed by atoms with Gasteiger partial charge in [0.05, 0.1) is 10.9 Å². The fourth-order valence-corrected chi connectivity index (χ4v) is 5.68. The number of hydrogen-bond acceptors (Lipinski definition) is 2. The van der Waals surface area contributed by atoms with Crippen molar-refractivity contribution < 1.29 is 12.8 Å². The fraction of sp³-hybridized carbons (Fsp3) is 0.400. The fourth-order valence-electron chi connectivity index (χ4n) is 3.64. The molecule has 0 N–H and O–H groups in total. The molecule has 3 rings (SSSR count). The Labute approximate surface area is 159 Å². The average Bonchev–Trinajstić information content (AvgIpc) is 3.05. The van der Waals surface area contributed by atoms with Crippen LogP contribution in [0.4, 0.5) is 4.39 Å². The van der Waals surface area contributed by atoms with Crippen LogP contribution in [0, 0.1) is 12.7 Å². The Balaban J connectivity index is 2.00. The van der Waals surface area contributed by atoms with E-state index in [4.69, 9.17) is 11.6 Å². The Bertz CT molecular complexity index is 837. The van der Waals surface area contributed by atoms with Crippen LogP contribution >= 0.6 is 11.6 Å². The Morgan fingerprint density at radius 3 is 2.35 bits per heavy atom. The van der Waals surface area contributed by atoms with Gasteiger partial charge in [-0.3, -0.25) is 0 Å². The maximum atomic E-state index is 13.4. The normalized spacial score (nSPS) is 21.2. The van der Waals surface area contributed by atoms with Crippen LogP contribution in [0.5, 0.6) is 0 Å². The lowest BCUT2D eigenvalue weighted by atomic mass is 10.1. The summed E-state index contributed by atoms with van der Waals surface area (Å²) in [6.07, 6.45) is 3.00. The smallest absolute Gasteiger partial charge is 0.207 e. The molecule has 1 fully saturated rings. The molecule has 0 aliphatic carbocycles. The van der Waals surface area contributed by atoms with E-state index in [9.17, 15) is 12.8 Å². The molecule has 2 aromatic rings. The van der Waals surface area contributed by atoms with Gasteiger partial charge in [0.15, 0.2) is 0 Å². The first kappa shape index (κ1) is 19.3. The van der Waals surface area contributed by atoms with Gasteiger partial charge in [0, 0.05) is 11.9 Å². The number of sulfonamides is 1. The standard InChI is InChI=1S/C20H23ClFNO2S/c1-15-4-11-19(12-5-15)26(24,25)23-18(3-2-14-21)10-13-20(23)16-6-8-17(22)9-7-16/h4-9,11-12,18,20H,2-3,10,13-14H2,1H3/t18-,20-/m0/s1. The van der Waals surface area contributed by atoms with Crippen LogP contribution in [0.25, 0.3) is 0 Å². The molecule has 3 nitrogen and oxygen atoms in total. The molecule has 1 aliphatic heterocycles. The van der Waals surface area contributed by atoms with Crippen molar-refractivity contribution in [2.75, 3.05) is 5.88 Å². The summed E-state index contributed by atoms with van der Waals surface area (Å²) in [6, 6.07) is 12.7. The second kappa shape index (κ2) is 8.07. The molecule has 0 spiro atoms. The van der Waals surface area contributed by atoms with Gasteiger partial charge in [-0.25, -0.2) is 12.8 Å². The van der Waals surface area contributed by atoms with Crippen molar-refractivity contribution in [2.45, 2.75) is 49.6 Å². The van der Waals surface area contributed by atoms with Gasteiger partial charge in [-0.2, -0.15) is 4.31 Å². The molecule has 0 unspecified atom stereocenters. The molecule has 0 aromatic heterocycles. The average molecular weight is 396 g/mol. The van der Waals surface area contributed by atoms with E-state index in [0.717, 1.165) is 36.8 Å². The molecule has 140 valence electrons. The lowest BCUT2D eigenvalue weighted by Gasteiger charge is -2.30. The van der Waals surface area contributed by atoms with Crippen molar-refractivity contribution in [3.63, 3.8) is 0 Å². The topological polar surface area (TPSA) is 37.4 Å². The largest absolute Gasteiger partial charge is 0.243 e. The summed E-state index contributed by atoms with van der Waals surface area (Å²) in [7, 11) is -3.65. The van der Waals surface area contributed by atoms with E-state index >= 15 is 0 Å². The first-order chi connectivity index (χ1) is 12.4. The predicted molar refractivity (Wildman–Crippen MR) is 102 cm³/mol. The molecule has 2 aromatic carbocycles. The van der Waals surface area contributed by atoms with Crippen molar-refractivity contribution in [3.8, 4) is 0 Å². The first-order valence-electron chi connectivity index (χ1n) is 8.85. The molecular formula is C20H23ClFNO2S. The van der Waals surface area contributed by atoms with Gasteiger partial charge in [-0.05, 0) is 62.4 Å². The van der Waals surface area contributed by atoms with Crippen LogP contribution in [0.3, 0.4) is 0 Å². The summed E-state index contributed by atoms with van der Waals surface area (Å²) >= 11 is 5.84. The van der Waals surface area contributed by atoms with Gasteiger partial charge in [-0.15, -0.1) is 11.6 Å². The zero-order chi connectivity index (χ0) is 18.7. The Morgan fingerprint density at radius 2 is 1.73 bits per heavy atom. The molecule has 26 heavy (non-hydrogen) atoms. The van der Waals surface area contributed by atoms with Gasteiger partial charge >= 0.3 is 0 Å². The number of hydrogen-bond donors (Lipinski definition) is 0. The molecule has 1 saturated heterocycles. The highest BCUT2D eigenvalue weighted by Crippen LogP contribution is 2.42. The summed E-state index contributed by atoms with van der Waals surface area (Å²) in [4.78, 5) is 0.299. The van der Waals surface area contributed by atoms with Crippen molar-refractivity contribution in [1.29, 1.82) is 0 Å². The van der Waals surface area contributed by atoms with Crippen molar-refractivity contribution in [3.05, 3.63) is 65.5 Å². The van der Waals surface area contributed by atoms with Gasteiger partial charge in [-0.1, -0.05) is 29.8 Å². The van der Waals surface area contributed by atoms with Crippen LogP contribution in [0.1, 0.15) is 42.9 Å². The molecule has 0 bridgehead atoms. The highest BCUT2D eigenvalue weighted by molar-refractivity contribution is 7.89. The van der Waals surface area contributed by atoms with Crippen LogP contribution in [0.15, 0.2) is 53.4 Å². The van der Waals surface area contributed by atoms with Crippen molar-refractivity contribution >= 4 is 21.6 Å². The van der Waals surface area contributed by atoms with Crippen LogP contribution in [-0.4, -0.2) is 24.6 Å². The monoisotopic (exact) mass is 395 g/mol. The zero-order valence-corrected chi connectivity index (χ0v) is 16.3. The Kier molecular flexibility index (Phi) is 6.00. The van der Waals surface area contributed by atoms with Crippen LogP contribution < -0.4 is 0 Å². The lowest BCUT2D eigenvalue weighted by Crippen LogP contribution is -2.37. The Hall–Kier alpha value is -1.43. The van der Waals surface area contributed by atoms with E-state index in [1.807, 2.05) is 19.1 Å². The summed E-state index contributed by atoms with van der Waals surface area (Å²) < 4.78 is 41.7. The number of halogens is 2. The third-order valence-corrected chi connectivity index (χ3v) is 7.21.